The van der Waals surface area contributed by atoms with Gasteiger partial charge >= 0.3 is 0 Å². The molecule has 0 aliphatic heterocycles. The van der Waals surface area contributed by atoms with Crippen LogP contribution in [-0.2, 0) is 0 Å². The molecular formula is C15H9BrCl2OS. The predicted octanol–water partition coefficient (Wildman–Crippen LogP) is 6.05. The Hall–Kier alpha value is -0.580. The first-order valence-corrected chi connectivity index (χ1v) is 8.29. The summed E-state index contributed by atoms with van der Waals surface area (Å²) in [6, 6.07) is 11.2. The highest BCUT2D eigenvalue weighted by Crippen LogP contribution is 2.38. The van der Waals surface area contributed by atoms with Crippen LogP contribution in [-0.4, -0.2) is 5.11 Å². The van der Waals surface area contributed by atoms with Crippen LogP contribution < -0.4 is 0 Å². The molecule has 1 heterocycles. The van der Waals surface area contributed by atoms with E-state index in [1.165, 1.54) is 0 Å². The van der Waals surface area contributed by atoms with Crippen LogP contribution in [0.4, 0.5) is 0 Å². The fourth-order valence-corrected chi connectivity index (χ4v) is 4.06. The predicted molar refractivity (Wildman–Crippen MR) is 90.0 cm³/mol. The molecule has 1 nitrogen and oxygen atoms in total. The maximum absolute atomic E-state index is 10.6. The van der Waals surface area contributed by atoms with Crippen LogP contribution in [0.25, 0.3) is 10.1 Å². The van der Waals surface area contributed by atoms with E-state index >= 15 is 0 Å². The summed E-state index contributed by atoms with van der Waals surface area (Å²) in [6.07, 6.45) is -0.715. The van der Waals surface area contributed by atoms with Gasteiger partial charge in [-0.15, -0.1) is 11.3 Å². The number of aliphatic hydroxyl groups is 1. The minimum Gasteiger partial charge on any atom is -0.384 e. The molecule has 0 spiro atoms. The first-order valence-electron chi connectivity index (χ1n) is 5.86. The quantitative estimate of drug-likeness (QED) is 0.567. The molecule has 2 aromatic carbocycles. The number of rotatable bonds is 2. The molecule has 20 heavy (non-hydrogen) atoms. The minimum absolute atomic E-state index is 0.448. The molecule has 0 radical (unpaired) electrons. The van der Waals surface area contributed by atoms with Gasteiger partial charge in [-0.05, 0) is 50.5 Å². The number of benzene rings is 2. The zero-order valence-electron chi connectivity index (χ0n) is 10.1. The summed E-state index contributed by atoms with van der Waals surface area (Å²) in [5.74, 6) is 0. The Balaban J connectivity index is 2.10. The average molecular weight is 388 g/mol. The molecule has 3 aromatic rings. The Kier molecular flexibility index (Phi) is 4.07. The van der Waals surface area contributed by atoms with E-state index in [0.717, 1.165) is 25.7 Å². The topological polar surface area (TPSA) is 20.2 Å². The average Bonchev–Trinajstić information content (AvgIpc) is 2.86. The normalized spacial score (nSPS) is 12.8. The third-order valence-electron chi connectivity index (χ3n) is 3.14. The lowest BCUT2D eigenvalue weighted by atomic mass is 10.0. The van der Waals surface area contributed by atoms with E-state index in [1.807, 2.05) is 23.6 Å². The Morgan fingerprint density at radius 2 is 1.90 bits per heavy atom. The van der Waals surface area contributed by atoms with Crippen LogP contribution in [0.15, 0.2) is 46.3 Å². The van der Waals surface area contributed by atoms with Gasteiger partial charge in [0, 0.05) is 14.7 Å². The van der Waals surface area contributed by atoms with Gasteiger partial charge in [-0.1, -0.05) is 41.4 Å². The number of aliphatic hydroxyl groups excluding tert-OH is 1. The van der Waals surface area contributed by atoms with Crippen molar-refractivity contribution in [2.45, 2.75) is 6.10 Å². The molecule has 0 bridgehead atoms. The third-order valence-corrected chi connectivity index (χ3v) is 5.85. The summed E-state index contributed by atoms with van der Waals surface area (Å²) in [6.45, 7) is 0. The van der Waals surface area contributed by atoms with E-state index < -0.39 is 6.10 Å². The van der Waals surface area contributed by atoms with Gasteiger partial charge in [0.15, 0.2) is 0 Å². The Morgan fingerprint density at radius 3 is 2.65 bits per heavy atom. The maximum Gasteiger partial charge on any atom is 0.106 e. The number of fused-ring (bicyclic) bond motifs is 1. The molecule has 0 aliphatic carbocycles. The van der Waals surface area contributed by atoms with Crippen LogP contribution in [0.5, 0.6) is 0 Å². The summed E-state index contributed by atoms with van der Waals surface area (Å²) in [4.78, 5) is 0. The van der Waals surface area contributed by atoms with E-state index in [-0.39, 0.29) is 0 Å². The lowest BCUT2D eigenvalue weighted by Gasteiger charge is -2.11. The van der Waals surface area contributed by atoms with E-state index in [9.17, 15) is 5.11 Å². The van der Waals surface area contributed by atoms with Crippen molar-refractivity contribution in [3.05, 3.63) is 67.4 Å². The van der Waals surface area contributed by atoms with E-state index in [1.54, 1.807) is 29.5 Å². The highest BCUT2D eigenvalue weighted by atomic mass is 79.9. The smallest absolute Gasteiger partial charge is 0.106 e. The summed E-state index contributed by atoms with van der Waals surface area (Å²) in [7, 11) is 0. The minimum atomic E-state index is -0.715. The second kappa shape index (κ2) is 5.66. The van der Waals surface area contributed by atoms with Crippen LogP contribution >= 0.6 is 50.5 Å². The molecule has 102 valence electrons. The molecule has 0 saturated heterocycles. The van der Waals surface area contributed by atoms with Gasteiger partial charge in [0.25, 0.3) is 0 Å². The zero-order chi connectivity index (χ0) is 14.3. The molecule has 1 N–H and O–H groups in total. The van der Waals surface area contributed by atoms with Crippen molar-refractivity contribution in [1.29, 1.82) is 0 Å². The Labute approximate surface area is 138 Å². The molecule has 0 fully saturated rings. The molecule has 0 saturated carbocycles. The largest absolute Gasteiger partial charge is 0.384 e. The van der Waals surface area contributed by atoms with Crippen molar-refractivity contribution in [3.8, 4) is 0 Å². The fourth-order valence-electron chi connectivity index (χ4n) is 2.12. The monoisotopic (exact) mass is 386 g/mol. The molecule has 1 aromatic heterocycles. The second-order valence-electron chi connectivity index (χ2n) is 4.38. The van der Waals surface area contributed by atoms with Crippen LogP contribution in [0.3, 0.4) is 0 Å². The first kappa shape index (κ1) is 14.4. The summed E-state index contributed by atoms with van der Waals surface area (Å²) < 4.78 is 2.16. The molecule has 3 rings (SSSR count). The molecule has 5 heteroatoms. The number of halogens is 3. The Bertz CT molecular complexity index is 785. The first-order chi connectivity index (χ1) is 9.58. The van der Waals surface area contributed by atoms with E-state index in [2.05, 4.69) is 15.9 Å². The lowest BCUT2D eigenvalue weighted by molar-refractivity contribution is 0.222. The summed E-state index contributed by atoms with van der Waals surface area (Å²) in [5, 5.41) is 14.5. The lowest BCUT2D eigenvalue weighted by Crippen LogP contribution is -1.98. The Morgan fingerprint density at radius 1 is 1.10 bits per heavy atom. The highest BCUT2D eigenvalue weighted by molar-refractivity contribution is 9.10. The van der Waals surface area contributed by atoms with Crippen molar-refractivity contribution in [3.63, 3.8) is 0 Å². The van der Waals surface area contributed by atoms with Crippen molar-refractivity contribution in [2.75, 3.05) is 0 Å². The van der Waals surface area contributed by atoms with Crippen LogP contribution in [0.2, 0.25) is 10.0 Å². The maximum atomic E-state index is 10.6. The van der Waals surface area contributed by atoms with Gasteiger partial charge in [-0.3, -0.25) is 0 Å². The number of thiophene rings is 1. The van der Waals surface area contributed by atoms with Crippen LogP contribution in [0.1, 0.15) is 17.2 Å². The van der Waals surface area contributed by atoms with E-state index in [4.69, 9.17) is 23.2 Å². The molecule has 0 amide bonds. The molecule has 1 atom stereocenters. The van der Waals surface area contributed by atoms with Crippen LogP contribution in [0, 0.1) is 0 Å². The number of hydrogen-bond donors (Lipinski definition) is 1. The van der Waals surface area contributed by atoms with Crippen molar-refractivity contribution in [2.24, 2.45) is 0 Å². The van der Waals surface area contributed by atoms with E-state index in [0.29, 0.717) is 10.0 Å². The van der Waals surface area contributed by atoms with Gasteiger partial charge in [0.05, 0.1) is 10.0 Å². The zero-order valence-corrected chi connectivity index (χ0v) is 14.0. The van der Waals surface area contributed by atoms with Gasteiger partial charge < -0.3 is 5.11 Å². The van der Waals surface area contributed by atoms with Crippen molar-refractivity contribution in [1.82, 2.24) is 0 Å². The van der Waals surface area contributed by atoms with Crippen molar-refractivity contribution >= 4 is 60.6 Å². The molecular weight excluding hydrogens is 379 g/mol. The van der Waals surface area contributed by atoms with Gasteiger partial charge in [-0.25, -0.2) is 0 Å². The highest BCUT2D eigenvalue weighted by Gasteiger charge is 2.17. The van der Waals surface area contributed by atoms with Gasteiger partial charge in [0.1, 0.15) is 6.10 Å². The second-order valence-corrected chi connectivity index (χ2v) is 6.93. The molecule has 0 aliphatic rings. The third kappa shape index (κ3) is 2.49. The number of hydrogen-bond acceptors (Lipinski definition) is 2. The summed E-state index contributed by atoms with van der Waals surface area (Å²) in [5.41, 5.74) is 1.61. The SMILES string of the molecule is OC(c1ccc(Cl)c(Cl)c1)c1csc2c(Br)cccc12. The van der Waals surface area contributed by atoms with Gasteiger partial charge in [-0.2, -0.15) is 0 Å². The van der Waals surface area contributed by atoms with Gasteiger partial charge in [0.2, 0.25) is 0 Å². The summed E-state index contributed by atoms with van der Waals surface area (Å²) >= 11 is 17.1. The molecule has 1 unspecified atom stereocenters. The fraction of sp³-hybridized carbons (Fsp3) is 0.0667. The van der Waals surface area contributed by atoms with Crippen molar-refractivity contribution < 1.29 is 5.11 Å². The standard InChI is InChI=1S/C15H9BrCl2OS/c16-11-3-1-2-9-10(7-20-15(9)11)14(19)8-4-5-12(17)13(18)6-8/h1-7,14,19H.